The standard InChI is InChI=1S/C13H18N2O4/c1-8(2)14-11(18)7-15(3)13(19)12-9(16)5-4-6-10(12)17/h4-6,8,16-17H,7H2,1-3H3,(H,14,18). The van der Waals surface area contributed by atoms with Gasteiger partial charge in [0.05, 0.1) is 6.54 Å². The van der Waals surface area contributed by atoms with Crippen LogP contribution in [0.4, 0.5) is 0 Å². The third-order valence-electron chi connectivity index (χ3n) is 2.41. The number of hydrogen-bond donors (Lipinski definition) is 3. The molecule has 1 aromatic rings. The van der Waals surface area contributed by atoms with Crippen LogP contribution in [0.25, 0.3) is 0 Å². The van der Waals surface area contributed by atoms with Crippen molar-refractivity contribution in [3.63, 3.8) is 0 Å². The molecule has 1 rings (SSSR count). The van der Waals surface area contributed by atoms with Crippen LogP contribution in [0.15, 0.2) is 18.2 Å². The molecule has 0 aliphatic carbocycles. The van der Waals surface area contributed by atoms with Crippen LogP contribution >= 0.6 is 0 Å². The van der Waals surface area contributed by atoms with Gasteiger partial charge in [0.1, 0.15) is 17.1 Å². The normalized spacial score (nSPS) is 10.3. The second-order valence-corrected chi connectivity index (χ2v) is 4.55. The number of carbonyl (C=O) groups excluding carboxylic acids is 2. The van der Waals surface area contributed by atoms with Gasteiger partial charge in [-0.25, -0.2) is 0 Å². The Balaban J connectivity index is 2.80. The van der Waals surface area contributed by atoms with E-state index in [1.165, 1.54) is 25.2 Å². The summed E-state index contributed by atoms with van der Waals surface area (Å²) in [6.45, 7) is 3.48. The molecule has 0 heterocycles. The third-order valence-corrected chi connectivity index (χ3v) is 2.41. The number of hydrogen-bond acceptors (Lipinski definition) is 4. The van der Waals surface area contributed by atoms with Gasteiger partial charge in [-0.2, -0.15) is 0 Å². The fraction of sp³-hybridized carbons (Fsp3) is 0.385. The Bertz CT molecular complexity index is 465. The van der Waals surface area contributed by atoms with Crippen molar-refractivity contribution in [1.29, 1.82) is 0 Å². The largest absolute Gasteiger partial charge is 0.507 e. The molecule has 0 atom stereocenters. The van der Waals surface area contributed by atoms with Crippen molar-refractivity contribution < 1.29 is 19.8 Å². The minimum atomic E-state index is -0.616. The van der Waals surface area contributed by atoms with Crippen molar-refractivity contribution in [2.24, 2.45) is 0 Å². The molecule has 0 bridgehead atoms. The van der Waals surface area contributed by atoms with Crippen LogP contribution in [-0.4, -0.2) is 46.6 Å². The van der Waals surface area contributed by atoms with Gasteiger partial charge >= 0.3 is 0 Å². The van der Waals surface area contributed by atoms with Crippen molar-refractivity contribution >= 4 is 11.8 Å². The summed E-state index contributed by atoms with van der Waals surface area (Å²) in [4.78, 5) is 24.7. The van der Waals surface area contributed by atoms with E-state index in [1.807, 2.05) is 13.8 Å². The van der Waals surface area contributed by atoms with E-state index in [2.05, 4.69) is 5.32 Å². The molecule has 0 aromatic heterocycles. The Labute approximate surface area is 111 Å². The lowest BCUT2D eigenvalue weighted by Gasteiger charge is -2.18. The van der Waals surface area contributed by atoms with Gasteiger partial charge < -0.3 is 20.4 Å². The Morgan fingerprint density at radius 2 is 1.79 bits per heavy atom. The molecule has 0 unspecified atom stereocenters. The van der Waals surface area contributed by atoms with E-state index in [9.17, 15) is 19.8 Å². The van der Waals surface area contributed by atoms with E-state index in [0.717, 1.165) is 4.90 Å². The second kappa shape index (κ2) is 6.08. The Morgan fingerprint density at radius 3 is 2.26 bits per heavy atom. The van der Waals surface area contributed by atoms with E-state index >= 15 is 0 Å². The SMILES string of the molecule is CC(C)NC(=O)CN(C)C(=O)c1c(O)cccc1O. The number of aromatic hydroxyl groups is 2. The van der Waals surface area contributed by atoms with Crippen LogP contribution in [0.1, 0.15) is 24.2 Å². The first kappa shape index (κ1) is 14.8. The number of phenols is 2. The van der Waals surface area contributed by atoms with Crippen LogP contribution in [0.5, 0.6) is 11.5 Å². The summed E-state index contributed by atoms with van der Waals surface area (Å²) in [5.74, 6) is -1.56. The summed E-state index contributed by atoms with van der Waals surface area (Å²) in [5, 5.41) is 21.8. The van der Waals surface area contributed by atoms with Crippen LogP contribution in [0.3, 0.4) is 0 Å². The molecular weight excluding hydrogens is 248 g/mol. The number of carbonyl (C=O) groups is 2. The average molecular weight is 266 g/mol. The lowest BCUT2D eigenvalue weighted by atomic mass is 10.1. The Morgan fingerprint density at radius 1 is 1.26 bits per heavy atom. The molecule has 2 amide bonds. The molecule has 104 valence electrons. The van der Waals surface area contributed by atoms with Gasteiger partial charge in [0, 0.05) is 13.1 Å². The number of likely N-dealkylation sites (N-methyl/N-ethyl adjacent to an activating group) is 1. The highest BCUT2D eigenvalue weighted by atomic mass is 16.3. The number of nitrogens with zero attached hydrogens (tertiary/aromatic N) is 1. The smallest absolute Gasteiger partial charge is 0.261 e. The zero-order chi connectivity index (χ0) is 14.6. The van der Waals surface area contributed by atoms with E-state index in [1.54, 1.807) is 0 Å². The molecule has 0 fully saturated rings. The maximum Gasteiger partial charge on any atom is 0.261 e. The van der Waals surface area contributed by atoms with E-state index < -0.39 is 5.91 Å². The Kier molecular flexibility index (Phi) is 4.74. The summed E-state index contributed by atoms with van der Waals surface area (Å²) in [6, 6.07) is 4.01. The van der Waals surface area contributed by atoms with Crippen molar-refractivity contribution in [1.82, 2.24) is 10.2 Å². The van der Waals surface area contributed by atoms with Gasteiger partial charge in [-0.3, -0.25) is 9.59 Å². The molecule has 19 heavy (non-hydrogen) atoms. The van der Waals surface area contributed by atoms with E-state index in [4.69, 9.17) is 0 Å². The van der Waals surface area contributed by atoms with Crippen LogP contribution in [0, 0.1) is 0 Å². The predicted octanol–water partition coefficient (Wildman–Crippen LogP) is 0.694. The quantitative estimate of drug-likeness (QED) is 0.748. The molecule has 6 heteroatoms. The Hall–Kier alpha value is -2.24. The predicted molar refractivity (Wildman–Crippen MR) is 70.0 cm³/mol. The molecule has 6 nitrogen and oxygen atoms in total. The van der Waals surface area contributed by atoms with Crippen molar-refractivity contribution in [3.8, 4) is 11.5 Å². The first-order valence-electron chi connectivity index (χ1n) is 5.88. The van der Waals surface area contributed by atoms with Gasteiger partial charge in [-0.15, -0.1) is 0 Å². The highest BCUT2D eigenvalue weighted by Gasteiger charge is 2.21. The number of amides is 2. The molecule has 0 aliphatic heterocycles. The molecule has 0 spiro atoms. The highest BCUT2D eigenvalue weighted by Crippen LogP contribution is 2.27. The molecular formula is C13H18N2O4. The molecule has 3 N–H and O–H groups in total. The summed E-state index contributed by atoms with van der Waals surface area (Å²) >= 11 is 0. The summed E-state index contributed by atoms with van der Waals surface area (Å²) in [7, 11) is 1.42. The van der Waals surface area contributed by atoms with Gasteiger partial charge in [0.2, 0.25) is 5.91 Å². The lowest BCUT2D eigenvalue weighted by molar-refractivity contribution is -0.122. The van der Waals surface area contributed by atoms with Gasteiger partial charge in [0.15, 0.2) is 0 Å². The fourth-order valence-corrected chi connectivity index (χ4v) is 1.59. The number of rotatable bonds is 4. The lowest BCUT2D eigenvalue weighted by Crippen LogP contribution is -2.40. The van der Waals surface area contributed by atoms with Gasteiger partial charge in [-0.1, -0.05) is 6.07 Å². The summed E-state index contributed by atoms with van der Waals surface area (Å²) in [6.07, 6.45) is 0. The maximum absolute atomic E-state index is 12.0. The van der Waals surface area contributed by atoms with Crippen molar-refractivity contribution in [2.75, 3.05) is 13.6 Å². The zero-order valence-corrected chi connectivity index (χ0v) is 11.2. The number of benzene rings is 1. The average Bonchev–Trinajstić information content (AvgIpc) is 2.26. The van der Waals surface area contributed by atoms with Crippen LogP contribution in [0.2, 0.25) is 0 Å². The first-order valence-corrected chi connectivity index (χ1v) is 5.88. The number of phenolic OH excluding ortho intramolecular Hbond substituents is 2. The van der Waals surface area contributed by atoms with E-state index in [0.29, 0.717) is 0 Å². The van der Waals surface area contributed by atoms with Gasteiger partial charge in [0.25, 0.3) is 5.91 Å². The summed E-state index contributed by atoms with van der Waals surface area (Å²) < 4.78 is 0. The molecule has 0 saturated carbocycles. The molecule has 0 saturated heterocycles. The van der Waals surface area contributed by atoms with Crippen molar-refractivity contribution in [2.45, 2.75) is 19.9 Å². The minimum absolute atomic E-state index is 0.0190. The first-order chi connectivity index (χ1) is 8.82. The highest BCUT2D eigenvalue weighted by molar-refractivity contribution is 6.00. The van der Waals surface area contributed by atoms with Crippen LogP contribution < -0.4 is 5.32 Å². The second-order valence-electron chi connectivity index (χ2n) is 4.55. The molecule has 1 aromatic carbocycles. The maximum atomic E-state index is 12.0. The number of nitrogens with one attached hydrogen (secondary N) is 1. The molecule has 0 radical (unpaired) electrons. The molecule has 0 aliphatic rings. The van der Waals surface area contributed by atoms with Crippen molar-refractivity contribution in [3.05, 3.63) is 23.8 Å². The minimum Gasteiger partial charge on any atom is -0.507 e. The topological polar surface area (TPSA) is 89.9 Å². The monoisotopic (exact) mass is 266 g/mol. The van der Waals surface area contributed by atoms with Gasteiger partial charge in [-0.05, 0) is 26.0 Å². The summed E-state index contributed by atoms with van der Waals surface area (Å²) in [5.41, 5.74) is -0.206. The van der Waals surface area contributed by atoms with Crippen LogP contribution in [-0.2, 0) is 4.79 Å². The fourth-order valence-electron chi connectivity index (χ4n) is 1.59. The third kappa shape index (κ3) is 3.87. The zero-order valence-electron chi connectivity index (χ0n) is 11.2. The van der Waals surface area contributed by atoms with E-state index in [-0.39, 0.29) is 35.6 Å².